The van der Waals surface area contributed by atoms with Crippen molar-refractivity contribution >= 4 is 17.8 Å². The molecule has 2 saturated carbocycles. The summed E-state index contributed by atoms with van der Waals surface area (Å²) in [5, 5.41) is 15.2. The Morgan fingerprint density at radius 3 is 2.19 bits per heavy atom. The van der Waals surface area contributed by atoms with Crippen molar-refractivity contribution in [2.45, 2.75) is 96.6 Å². The summed E-state index contributed by atoms with van der Waals surface area (Å²) in [5.74, 6) is -0.688. The van der Waals surface area contributed by atoms with Gasteiger partial charge in [0.2, 0.25) is 11.8 Å². The van der Waals surface area contributed by atoms with Crippen LogP contribution in [0.4, 0.5) is 0 Å². The minimum Gasteiger partial charge on any atom is -0.480 e. The molecular weight excluding hydrogens is 344 g/mol. The zero-order valence-corrected chi connectivity index (χ0v) is 16.8. The van der Waals surface area contributed by atoms with Crippen LogP contribution in [-0.2, 0) is 14.4 Å². The molecule has 2 amide bonds. The fourth-order valence-electron chi connectivity index (χ4n) is 4.39. The van der Waals surface area contributed by atoms with Crippen molar-refractivity contribution in [3.05, 3.63) is 0 Å². The smallest absolute Gasteiger partial charge is 0.326 e. The number of hydrogen-bond acceptors (Lipinski definition) is 3. The number of rotatable bonds is 8. The Bertz CT molecular complexity index is 508. The third-order valence-corrected chi connectivity index (χ3v) is 6.44. The number of nitrogens with one attached hydrogen (secondary N) is 2. The molecule has 2 atom stereocenters. The minimum atomic E-state index is -0.971. The molecule has 0 bridgehead atoms. The molecule has 0 aromatic heterocycles. The number of carboxylic acids is 1. The van der Waals surface area contributed by atoms with E-state index in [-0.39, 0.29) is 29.7 Å². The van der Waals surface area contributed by atoms with Gasteiger partial charge in [-0.3, -0.25) is 9.59 Å². The largest absolute Gasteiger partial charge is 0.480 e. The molecule has 0 aromatic carbocycles. The van der Waals surface area contributed by atoms with Gasteiger partial charge in [-0.1, -0.05) is 39.5 Å². The molecule has 6 nitrogen and oxygen atoms in total. The van der Waals surface area contributed by atoms with E-state index >= 15 is 0 Å². The molecule has 154 valence electrons. The van der Waals surface area contributed by atoms with Crippen molar-refractivity contribution in [2.75, 3.05) is 0 Å². The Morgan fingerprint density at radius 2 is 1.63 bits per heavy atom. The lowest BCUT2D eigenvalue weighted by molar-refractivity contribution is -0.144. The average molecular weight is 381 g/mol. The van der Waals surface area contributed by atoms with Gasteiger partial charge in [0.05, 0.1) is 0 Å². The maximum absolute atomic E-state index is 12.5. The lowest BCUT2D eigenvalue weighted by atomic mass is 9.84. The Hall–Kier alpha value is -1.59. The molecule has 2 aliphatic carbocycles. The zero-order chi connectivity index (χ0) is 19.8. The summed E-state index contributed by atoms with van der Waals surface area (Å²) in [5.41, 5.74) is 0. The van der Waals surface area contributed by atoms with Gasteiger partial charge in [-0.25, -0.2) is 4.79 Å². The van der Waals surface area contributed by atoms with Gasteiger partial charge < -0.3 is 15.7 Å². The first-order chi connectivity index (χ1) is 12.9. The third-order valence-electron chi connectivity index (χ3n) is 6.44. The summed E-state index contributed by atoms with van der Waals surface area (Å²) >= 11 is 0. The van der Waals surface area contributed by atoms with Crippen LogP contribution < -0.4 is 10.6 Å². The van der Waals surface area contributed by atoms with E-state index in [1.54, 1.807) is 0 Å². The van der Waals surface area contributed by atoms with Gasteiger partial charge in [-0.05, 0) is 50.4 Å². The number of hydrogen-bond donors (Lipinski definition) is 3. The van der Waals surface area contributed by atoms with Crippen molar-refractivity contribution in [2.24, 2.45) is 17.8 Å². The van der Waals surface area contributed by atoms with Gasteiger partial charge in [-0.2, -0.15) is 0 Å². The van der Waals surface area contributed by atoms with Crippen LogP contribution in [0.1, 0.15) is 84.5 Å². The number of amides is 2. The van der Waals surface area contributed by atoms with Crippen LogP contribution in [0.25, 0.3) is 0 Å². The highest BCUT2D eigenvalue weighted by Gasteiger charge is 2.31. The third kappa shape index (κ3) is 6.82. The van der Waals surface area contributed by atoms with Crippen LogP contribution in [-0.4, -0.2) is 35.0 Å². The van der Waals surface area contributed by atoms with E-state index in [9.17, 15) is 19.5 Å². The number of aliphatic carboxylic acids is 1. The fourth-order valence-corrected chi connectivity index (χ4v) is 4.39. The van der Waals surface area contributed by atoms with Crippen LogP contribution >= 0.6 is 0 Å². The zero-order valence-electron chi connectivity index (χ0n) is 16.8. The molecule has 0 spiro atoms. The highest BCUT2D eigenvalue weighted by atomic mass is 16.4. The molecule has 27 heavy (non-hydrogen) atoms. The number of carbonyl (C=O) groups excluding carboxylic acids is 2. The summed E-state index contributed by atoms with van der Waals surface area (Å²) in [7, 11) is 0. The van der Waals surface area contributed by atoms with E-state index in [2.05, 4.69) is 10.6 Å². The van der Waals surface area contributed by atoms with Crippen molar-refractivity contribution in [1.82, 2.24) is 10.6 Å². The predicted molar refractivity (Wildman–Crippen MR) is 104 cm³/mol. The first kappa shape index (κ1) is 21.7. The summed E-state index contributed by atoms with van der Waals surface area (Å²) in [4.78, 5) is 36.1. The van der Waals surface area contributed by atoms with Crippen molar-refractivity contribution in [3.63, 3.8) is 0 Å². The highest BCUT2D eigenvalue weighted by Crippen LogP contribution is 2.28. The molecule has 0 aromatic rings. The molecular formula is C21H36N2O4. The Morgan fingerprint density at radius 1 is 1.00 bits per heavy atom. The minimum absolute atomic E-state index is 0.0955. The number of carboxylic acid groups (broad SMARTS) is 1. The number of carbonyl (C=O) groups is 3. The van der Waals surface area contributed by atoms with E-state index in [4.69, 9.17) is 0 Å². The lowest BCUT2D eigenvalue weighted by Gasteiger charge is -2.30. The van der Waals surface area contributed by atoms with Gasteiger partial charge in [-0.15, -0.1) is 0 Å². The molecule has 0 aliphatic heterocycles. The molecule has 3 N–H and O–H groups in total. The second-order valence-electron chi connectivity index (χ2n) is 8.53. The standard InChI is InChI=1S/C21H36N2O4/c1-3-14(2)19(21(26)27)23-20(25)16-9-11-17(12-10-16)22-18(24)13-15-7-5-4-6-8-15/h14-17,19H,3-13H2,1-2H3,(H,22,24)(H,23,25)(H,26,27). The average Bonchev–Trinajstić information content (AvgIpc) is 2.66. The monoisotopic (exact) mass is 380 g/mol. The van der Waals surface area contributed by atoms with Crippen LogP contribution in [0.3, 0.4) is 0 Å². The van der Waals surface area contributed by atoms with E-state index in [1.807, 2.05) is 13.8 Å². The van der Waals surface area contributed by atoms with E-state index in [0.717, 1.165) is 12.8 Å². The Balaban J connectivity index is 1.73. The van der Waals surface area contributed by atoms with Gasteiger partial charge in [0.25, 0.3) is 0 Å². The van der Waals surface area contributed by atoms with E-state index < -0.39 is 12.0 Å². The highest BCUT2D eigenvalue weighted by molar-refractivity contribution is 5.85. The predicted octanol–water partition coefficient (Wildman–Crippen LogP) is 3.25. The summed E-state index contributed by atoms with van der Waals surface area (Å²) in [6.45, 7) is 3.77. The molecule has 2 fully saturated rings. The van der Waals surface area contributed by atoms with Crippen molar-refractivity contribution in [3.8, 4) is 0 Å². The lowest BCUT2D eigenvalue weighted by Crippen LogP contribution is -2.48. The quantitative estimate of drug-likeness (QED) is 0.602. The summed E-state index contributed by atoms with van der Waals surface area (Å²) in [6.07, 6.45) is 10.4. The second kappa shape index (κ2) is 10.7. The second-order valence-corrected chi connectivity index (χ2v) is 8.53. The van der Waals surface area contributed by atoms with Gasteiger partial charge in [0.1, 0.15) is 6.04 Å². The molecule has 0 radical (unpaired) electrons. The molecule has 2 aliphatic rings. The maximum atomic E-state index is 12.5. The first-order valence-electron chi connectivity index (χ1n) is 10.7. The van der Waals surface area contributed by atoms with Gasteiger partial charge in [0.15, 0.2) is 0 Å². The summed E-state index contributed by atoms with van der Waals surface area (Å²) < 4.78 is 0. The van der Waals surface area contributed by atoms with Crippen LogP contribution in [0, 0.1) is 17.8 Å². The van der Waals surface area contributed by atoms with E-state index in [1.165, 1.54) is 32.1 Å². The fraction of sp³-hybridized carbons (Fsp3) is 0.857. The molecule has 0 heterocycles. The SMILES string of the molecule is CCC(C)C(NC(=O)C1CCC(NC(=O)CC2CCCCC2)CC1)C(=O)O. The Labute approximate surface area is 162 Å². The van der Waals surface area contributed by atoms with Crippen LogP contribution in [0.2, 0.25) is 0 Å². The van der Waals surface area contributed by atoms with Crippen LogP contribution in [0.5, 0.6) is 0 Å². The molecule has 2 unspecified atom stereocenters. The van der Waals surface area contributed by atoms with Crippen molar-refractivity contribution < 1.29 is 19.5 Å². The van der Waals surface area contributed by atoms with E-state index in [0.29, 0.717) is 31.6 Å². The van der Waals surface area contributed by atoms with Gasteiger partial charge >= 0.3 is 5.97 Å². The van der Waals surface area contributed by atoms with Gasteiger partial charge in [0, 0.05) is 18.4 Å². The van der Waals surface area contributed by atoms with Crippen LogP contribution in [0.15, 0.2) is 0 Å². The molecule has 0 saturated heterocycles. The Kier molecular flexibility index (Phi) is 8.58. The molecule has 6 heteroatoms. The maximum Gasteiger partial charge on any atom is 0.326 e. The van der Waals surface area contributed by atoms with Crippen molar-refractivity contribution in [1.29, 1.82) is 0 Å². The molecule has 2 rings (SSSR count). The normalized spacial score (nSPS) is 26.0. The first-order valence-corrected chi connectivity index (χ1v) is 10.7. The summed E-state index contributed by atoms with van der Waals surface area (Å²) in [6, 6.07) is -0.676. The topological polar surface area (TPSA) is 95.5 Å².